The van der Waals surface area contributed by atoms with Gasteiger partial charge in [0.05, 0.1) is 12.6 Å². The standard InChI is InChI=1S/C20H25N3O2/c1-16(22(12-13-24)15-17-6-4-10-21-14-17)20(25)23-11-5-8-18-7-2-3-9-19(18)23/h2-4,6-7,9-10,14,16,24H,5,8,11-13,15H2,1H3. The van der Waals surface area contributed by atoms with Crippen LogP contribution in [-0.2, 0) is 17.8 Å². The molecule has 0 spiro atoms. The molecule has 1 aliphatic rings. The lowest BCUT2D eigenvalue weighted by molar-refractivity contribution is -0.123. The van der Waals surface area contributed by atoms with Gasteiger partial charge in [-0.3, -0.25) is 14.7 Å². The van der Waals surface area contributed by atoms with Crippen molar-refractivity contribution in [3.63, 3.8) is 0 Å². The first-order valence-corrected chi connectivity index (χ1v) is 8.84. The summed E-state index contributed by atoms with van der Waals surface area (Å²) in [5, 5.41) is 9.43. The molecule has 2 aromatic rings. The first-order valence-electron chi connectivity index (χ1n) is 8.84. The third-order valence-corrected chi connectivity index (χ3v) is 4.78. The molecule has 0 saturated carbocycles. The Hall–Kier alpha value is -2.24. The van der Waals surface area contributed by atoms with Gasteiger partial charge in [0.15, 0.2) is 0 Å². The van der Waals surface area contributed by atoms with Crippen molar-refractivity contribution >= 4 is 11.6 Å². The third-order valence-electron chi connectivity index (χ3n) is 4.78. The van der Waals surface area contributed by atoms with Crippen molar-refractivity contribution in [1.82, 2.24) is 9.88 Å². The summed E-state index contributed by atoms with van der Waals surface area (Å²) in [7, 11) is 0. The number of hydrogen-bond donors (Lipinski definition) is 1. The van der Waals surface area contributed by atoms with Gasteiger partial charge < -0.3 is 10.0 Å². The fourth-order valence-electron chi connectivity index (χ4n) is 3.41. The van der Waals surface area contributed by atoms with E-state index in [0.717, 1.165) is 30.6 Å². The summed E-state index contributed by atoms with van der Waals surface area (Å²) in [5.41, 5.74) is 3.29. The van der Waals surface area contributed by atoms with Gasteiger partial charge in [-0.05, 0) is 43.0 Å². The van der Waals surface area contributed by atoms with Gasteiger partial charge in [0, 0.05) is 37.7 Å². The zero-order valence-electron chi connectivity index (χ0n) is 14.6. The van der Waals surface area contributed by atoms with Crippen molar-refractivity contribution in [1.29, 1.82) is 0 Å². The molecule has 0 aliphatic carbocycles. The molecular weight excluding hydrogens is 314 g/mol. The Morgan fingerprint density at radius 3 is 2.92 bits per heavy atom. The average molecular weight is 339 g/mol. The maximum atomic E-state index is 13.2. The number of benzene rings is 1. The minimum atomic E-state index is -0.307. The monoisotopic (exact) mass is 339 g/mol. The molecular formula is C20H25N3O2. The predicted molar refractivity (Wildman–Crippen MR) is 98.3 cm³/mol. The van der Waals surface area contributed by atoms with Gasteiger partial charge in [-0.25, -0.2) is 0 Å². The normalized spacial score (nSPS) is 15.1. The lowest BCUT2D eigenvalue weighted by Crippen LogP contribution is -2.49. The number of aryl methyl sites for hydroxylation is 1. The number of hydrogen-bond acceptors (Lipinski definition) is 4. The average Bonchev–Trinajstić information content (AvgIpc) is 2.67. The van der Waals surface area contributed by atoms with Crippen LogP contribution in [0.4, 0.5) is 5.69 Å². The zero-order chi connectivity index (χ0) is 17.6. The topological polar surface area (TPSA) is 56.7 Å². The Bertz CT molecular complexity index is 705. The van der Waals surface area contributed by atoms with E-state index in [9.17, 15) is 9.90 Å². The fourth-order valence-corrected chi connectivity index (χ4v) is 3.41. The number of aliphatic hydroxyl groups is 1. The highest BCUT2D eigenvalue weighted by Gasteiger charge is 2.29. The van der Waals surface area contributed by atoms with Crippen LogP contribution in [0.5, 0.6) is 0 Å². The van der Waals surface area contributed by atoms with E-state index in [0.29, 0.717) is 13.1 Å². The van der Waals surface area contributed by atoms with Crippen LogP contribution in [0, 0.1) is 0 Å². The summed E-state index contributed by atoms with van der Waals surface area (Å²) < 4.78 is 0. The van der Waals surface area contributed by atoms with Crippen LogP contribution >= 0.6 is 0 Å². The van der Waals surface area contributed by atoms with E-state index in [1.165, 1.54) is 5.56 Å². The van der Waals surface area contributed by atoms with Gasteiger partial charge in [0.1, 0.15) is 0 Å². The number of fused-ring (bicyclic) bond motifs is 1. The van der Waals surface area contributed by atoms with Gasteiger partial charge >= 0.3 is 0 Å². The lowest BCUT2D eigenvalue weighted by Gasteiger charge is -2.35. The minimum absolute atomic E-state index is 0.0223. The summed E-state index contributed by atoms with van der Waals surface area (Å²) >= 11 is 0. The molecule has 3 rings (SSSR count). The first-order chi connectivity index (χ1) is 12.2. The zero-order valence-corrected chi connectivity index (χ0v) is 14.6. The van der Waals surface area contributed by atoms with Crippen molar-refractivity contribution in [2.75, 3.05) is 24.6 Å². The molecule has 1 atom stereocenters. The van der Waals surface area contributed by atoms with E-state index < -0.39 is 0 Å². The number of aliphatic hydroxyl groups excluding tert-OH is 1. The third kappa shape index (κ3) is 4.06. The highest BCUT2D eigenvalue weighted by Crippen LogP contribution is 2.27. The maximum absolute atomic E-state index is 13.2. The summed E-state index contributed by atoms with van der Waals surface area (Å²) in [6, 6.07) is 11.7. The largest absolute Gasteiger partial charge is 0.395 e. The Balaban J connectivity index is 1.78. The van der Waals surface area contributed by atoms with E-state index >= 15 is 0 Å². The number of carbonyl (C=O) groups excluding carboxylic acids is 1. The smallest absolute Gasteiger partial charge is 0.244 e. The van der Waals surface area contributed by atoms with E-state index in [4.69, 9.17) is 0 Å². The van der Waals surface area contributed by atoms with Crippen molar-refractivity contribution in [3.05, 3.63) is 59.9 Å². The van der Waals surface area contributed by atoms with E-state index in [1.807, 2.05) is 47.1 Å². The second-order valence-corrected chi connectivity index (χ2v) is 6.45. The maximum Gasteiger partial charge on any atom is 0.244 e. The highest BCUT2D eigenvalue weighted by molar-refractivity contribution is 5.98. The number of anilines is 1. The van der Waals surface area contributed by atoms with Crippen LogP contribution in [0.25, 0.3) is 0 Å². The molecule has 132 valence electrons. The van der Waals surface area contributed by atoms with Gasteiger partial charge in [0.25, 0.3) is 0 Å². The second-order valence-electron chi connectivity index (χ2n) is 6.45. The molecule has 1 aliphatic heterocycles. The molecule has 1 aromatic carbocycles. The Kier molecular flexibility index (Phi) is 5.79. The minimum Gasteiger partial charge on any atom is -0.395 e. The SMILES string of the molecule is CC(C(=O)N1CCCc2ccccc21)N(CCO)Cc1cccnc1. The number of pyridine rings is 1. The van der Waals surface area contributed by atoms with Crippen LogP contribution in [0.2, 0.25) is 0 Å². The lowest BCUT2D eigenvalue weighted by atomic mass is 10.0. The van der Waals surface area contributed by atoms with Crippen molar-refractivity contribution in [2.24, 2.45) is 0 Å². The molecule has 1 amide bonds. The van der Waals surface area contributed by atoms with Gasteiger partial charge in [-0.15, -0.1) is 0 Å². The molecule has 0 bridgehead atoms. The Morgan fingerprint density at radius 1 is 1.32 bits per heavy atom. The summed E-state index contributed by atoms with van der Waals surface area (Å²) in [5.74, 6) is 0.0875. The molecule has 1 N–H and O–H groups in total. The molecule has 5 heteroatoms. The fraction of sp³-hybridized carbons (Fsp3) is 0.400. The molecule has 1 unspecified atom stereocenters. The highest BCUT2D eigenvalue weighted by atomic mass is 16.3. The molecule has 0 radical (unpaired) electrons. The van der Waals surface area contributed by atoms with E-state index in [1.54, 1.807) is 12.4 Å². The number of aromatic nitrogens is 1. The van der Waals surface area contributed by atoms with Crippen molar-refractivity contribution in [2.45, 2.75) is 32.4 Å². The predicted octanol–water partition coefficient (Wildman–Crippen LogP) is 2.24. The van der Waals surface area contributed by atoms with Crippen LogP contribution in [0.1, 0.15) is 24.5 Å². The Labute approximate surface area is 148 Å². The summed E-state index contributed by atoms with van der Waals surface area (Å²) in [6.07, 6.45) is 5.54. The molecule has 0 saturated heterocycles. The molecule has 2 heterocycles. The van der Waals surface area contributed by atoms with Gasteiger partial charge in [-0.2, -0.15) is 0 Å². The van der Waals surface area contributed by atoms with E-state index in [-0.39, 0.29) is 18.6 Å². The van der Waals surface area contributed by atoms with E-state index in [2.05, 4.69) is 11.1 Å². The number of para-hydroxylation sites is 1. The van der Waals surface area contributed by atoms with Crippen LogP contribution in [0.3, 0.4) is 0 Å². The molecule has 5 nitrogen and oxygen atoms in total. The summed E-state index contributed by atoms with van der Waals surface area (Å²) in [4.78, 5) is 21.2. The number of carbonyl (C=O) groups is 1. The summed E-state index contributed by atoms with van der Waals surface area (Å²) in [6.45, 7) is 3.74. The molecule has 0 fully saturated rings. The Morgan fingerprint density at radius 2 is 2.16 bits per heavy atom. The van der Waals surface area contributed by atoms with Crippen LogP contribution in [0.15, 0.2) is 48.8 Å². The van der Waals surface area contributed by atoms with Crippen molar-refractivity contribution in [3.8, 4) is 0 Å². The van der Waals surface area contributed by atoms with Crippen LogP contribution < -0.4 is 4.90 Å². The first kappa shape index (κ1) is 17.6. The number of rotatable bonds is 6. The quantitative estimate of drug-likeness (QED) is 0.877. The molecule has 1 aromatic heterocycles. The number of nitrogens with zero attached hydrogens (tertiary/aromatic N) is 3. The van der Waals surface area contributed by atoms with Crippen molar-refractivity contribution < 1.29 is 9.90 Å². The second kappa shape index (κ2) is 8.23. The molecule has 25 heavy (non-hydrogen) atoms. The van der Waals surface area contributed by atoms with Gasteiger partial charge in [0.2, 0.25) is 5.91 Å². The number of amides is 1. The van der Waals surface area contributed by atoms with Crippen LogP contribution in [-0.4, -0.2) is 46.6 Å². The van der Waals surface area contributed by atoms with Gasteiger partial charge in [-0.1, -0.05) is 24.3 Å².